The summed E-state index contributed by atoms with van der Waals surface area (Å²) in [6.07, 6.45) is 1.28. The molecule has 2 rings (SSSR count). The lowest BCUT2D eigenvalue weighted by Crippen LogP contribution is -2.54. The molecule has 1 amide bonds. The lowest BCUT2D eigenvalue weighted by atomic mass is 9.90. The summed E-state index contributed by atoms with van der Waals surface area (Å²) in [6, 6.07) is 7.20. The summed E-state index contributed by atoms with van der Waals surface area (Å²) in [4.78, 5) is 12.1. The monoisotopic (exact) mass is 313 g/mol. The first-order valence-corrected chi connectivity index (χ1v) is 6.71. The van der Waals surface area contributed by atoms with Gasteiger partial charge in [-0.3, -0.25) is 4.79 Å². The predicted molar refractivity (Wildman–Crippen MR) is 71.5 cm³/mol. The van der Waals surface area contributed by atoms with Crippen molar-refractivity contribution < 1.29 is 14.6 Å². The van der Waals surface area contributed by atoms with Crippen LogP contribution in [0.5, 0.6) is 0 Å². The second-order valence-electron chi connectivity index (χ2n) is 4.52. The molecule has 1 saturated heterocycles. The van der Waals surface area contributed by atoms with E-state index in [2.05, 4.69) is 21.2 Å². The third kappa shape index (κ3) is 3.10. The summed E-state index contributed by atoms with van der Waals surface area (Å²) >= 11 is 3.34. The Morgan fingerprint density at radius 1 is 1.44 bits per heavy atom. The van der Waals surface area contributed by atoms with Crippen LogP contribution in [0.4, 0.5) is 0 Å². The molecule has 0 saturated carbocycles. The molecule has 1 fully saturated rings. The van der Waals surface area contributed by atoms with Crippen molar-refractivity contribution in [1.29, 1.82) is 0 Å². The molecule has 18 heavy (non-hydrogen) atoms. The van der Waals surface area contributed by atoms with E-state index in [4.69, 9.17) is 4.74 Å². The van der Waals surface area contributed by atoms with Gasteiger partial charge in [-0.2, -0.15) is 0 Å². The van der Waals surface area contributed by atoms with Gasteiger partial charge < -0.3 is 15.2 Å². The number of nitrogens with one attached hydrogen (secondary N) is 1. The summed E-state index contributed by atoms with van der Waals surface area (Å²) in [7, 11) is 0. The van der Waals surface area contributed by atoms with Crippen LogP contribution in [0.2, 0.25) is 0 Å². The molecule has 0 unspecified atom stereocenters. The molecule has 0 spiro atoms. The maximum absolute atomic E-state index is 12.1. The number of rotatable bonds is 3. The summed E-state index contributed by atoms with van der Waals surface area (Å²) in [5, 5.41) is 12.4. The number of aliphatic hydroxyl groups is 1. The molecule has 1 aromatic rings. The summed E-state index contributed by atoms with van der Waals surface area (Å²) in [5.74, 6) is -0.160. The first-order valence-electron chi connectivity index (χ1n) is 5.92. The molecule has 1 heterocycles. The number of aliphatic hydroxyl groups excluding tert-OH is 1. The minimum Gasteiger partial charge on any atom is -0.394 e. The summed E-state index contributed by atoms with van der Waals surface area (Å²) in [5.41, 5.74) is 0.0428. The van der Waals surface area contributed by atoms with Gasteiger partial charge in [0.05, 0.1) is 12.1 Å². The lowest BCUT2D eigenvalue weighted by Gasteiger charge is -2.36. The highest BCUT2D eigenvalue weighted by Crippen LogP contribution is 2.21. The summed E-state index contributed by atoms with van der Waals surface area (Å²) in [6.45, 7) is 1.08. The molecule has 5 heteroatoms. The Morgan fingerprint density at radius 3 is 2.78 bits per heavy atom. The largest absolute Gasteiger partial charge is 0.394 e. The van der Waals surface area contributed by atoms with Crippen molar-refractivity contribution in [3.63, 3.8) is 0 Å². The predicted octanol–water partition coefficient (Wildman–Crippen LogP) is 1.72. The van der Waals surface area contributed by atoms with Gasteiger partial charge in [-0.15, -0.1) is 0 Å². The zero-order valence-electron chi connectivity index (χ0n) is 9.99. The second-order valence-corrected chi connectivity index (χ2v) is 5.43. The average Bonchev–Trinajstić information content (AvgIpc) is 2.40. The zero-order chi connectivity index (χ0) is 13.0. The van der Waals surface area contributed by atoms with Gasteiger partial charge >= 0.3 is 0 Å². The van der Waals surface area contributed by atoms with Gasteiger partial charge in [0.25, 0.3) is 5.91 Å². The molecule has 4 nitrogen and oxygen atoms in total. The van der Waals surface area contributed by atoms with Crippen LogP contribution < -0.4 is 5.32 Å². The van der Waals surface area contributed by atoms with Gasteiger partial charge in [0.2, 0.25) is 0 Å². The molecule has 0 atom stereocenters. The molecule has 2 N–H and O–H groups in total. The van der Waals surface area contributed by atoms with E-state index in [1.54, 1.807) is 12.1 Å². The quantitative estimate of drug-likeness (QED) is 0.893. The van der Waals surface area contributed by atoms with Gasteiger partial charge in [-0.05, 0) is 31.0 Å². The standard InChI is InChI=1S/C13H16BrNO3/c14-11-3-1-2-10(8-11)12(17)15-13(9-16)4-6-18-7-5-13/h1-3,8,16H,4-7,9H2,(H,15,17). The fourth-order valence-corrected chi connectivity index (χ4v) is 2.43. The van der Waals surface area contributed by atoms with E-state index in [9.17, 15) is 9.90 Å². The number of amides is 1. The van der Waals surface area contributed by atoms with Crippen LogP contribution in [-0.4, -0.2) is 36.4 Å². The van der Waals surface area contributed by atoms with E-state index < -0.39 is 5.54 Å². The molecule has 0 radical (unpaired) electrons. The molecular formula is C13H16BrNO3. The van der Waals surface area contributed by atoms with Crippen LogP contribution in [-0.2, 0) is 4.74 Å². The molecule has 0 aliphatic carbocycles. The second kappa shape index (κ2) is 5.82. The minimum absolute atomic E-state index is 0.0594. The number of carbonyl (C=O) groups is 1. The van der Waals surface area contributed by atoms with Gasteiger partial charge in [0.15, 0.2) is 0 Å². The topological polar surface area (TPSA) is 58.6 Å². The normalized spacial score (nSPS) is 18.3. The number of carbonyl (C=O) groups excluding carboxylic acids is 1. The first kappa shape index (κ1) is 13.5. The smallest absolute Gasteiger partial charge is 0.251 e. The number of hydrogen-bond acceptors (Lipinski definition) is 3. The Kier molecular flexibility index (Phi) is 4.37. The molecule has 0 bridgehead atoms. The molecule has 0 aromatic heterocycles. The number of benzene rings is 1. The third-order valence-electron chi connectivity index (χ3n) is 3.22. The zero-order valence-corrected chi connectivity index (χ0v) is 11.6. The maximum Gasteiger partial charge on any atom is 0.251 e. The van der Waals surface area contributed by atoms with Crippen LogP contribution in [0.1, 0.15) is 23.2 Å². The highest BCUT2D eigenvalue weighted by molar-refractivity contribution is 9.10. The lowest BCUT2D eigenvalue weighted by molar-refractivity contribution is 0.0125. The highest BCUT2D eigenvalue weighted by atomic mass is 79.9. The van der Waals surface area contributed by atoms with E-state index in [-0.39, 0.29) is 12.5 Å². The average molecular weight is 314 g/mol. The van der Waals surface area contributed by atoms with E-state index >= 15 is 0 Å². The number of halogens is 1. The van der Waals surface area contributed by atoms with Crippen molar-refractivity contribution >= 4 is 21.8 Å². The van der Waals surface area contributed by atoms with Gasteiger partial charge in [-0.1, -0.05) is 22.0 Å². The van der Waals surface area contributed by atoms with Gasteiger partial charge in [0.1, 0.15) is 0 Å². The van der Waals surface area contributed by atoms with E-state index in [1.165, 1.54) is 0 Å². The fourth-order valence-electron chi connectivity index (χ4n) is 2.03. The molecule has 1 aliphatic rings. The molecule has 1 aliphatic heterocycles. The first-order chi connectivity index (χ1) is 8.65. The highest BCUT2D eigenvalue weighted by Gasteiger charge is 2.33. The van der Waals surface area contributed by atoms with E-state index in [0.29, 0.717) is 31.6 Å². The molecule has 98 valence electrons. The van der Waals surface area contributed by atoms with Crippen molar-refractivity contribution in [3.8, 4) is 0 Å². The minimum atomic E-state index is -0.544. The third-order valence-corrected chi connectivity index (χ3v) is 3.71. The van der Waals surface area contributed by atoms with Crippen molar-refractivity contribution in [3.05, 3.63) is 34.3 Å². The van der Waals surface area contributed by atoms with E-state index in [0.717, 1.165) is 4.47 Å². The van der Waals surface area contributed by atoms with Crippen molar-refractivity contribution in [1.82, 2.24) is 5.32 Å². The fraction of sp³-hybridized carbons (Fsp3) is 0.462. The van der Waals surface area contributed by atoms with Crippen LogP contribution in [0.25, 0.3) is 0 Å². The Morgan fingerprint density at radius 2 is 2.17 bits per heavy atom. The Balaban J connectivity index is 2.10. The van der Waals surface area contributed by atoms with Gasteiger partial charge in [0, 0.05) is 23.2 Å². The Labute approximate surface area is 114 Å². The van der Waals surface area contributed by atoms with Crippen LogP contribution in [0.3, 0.4) is 0 Å². The van der Waals surface area contributed by atoms with Crippen molar-refractivity contribution in [2.45, 2.75) is 18.4 Å². The molecule has 1 aromatic carbocycles. The number of ether oxygens (including phenoxy) is 1. The van der Waals surface area contributed by atoms with Crippen LogP contribution in [0, 0.1) is 0 Å². The van der Waals surface area contributed by atoms with Crippen molar-refractivity contribution in [2.24, 2.45) is 0 Å². The van der Waals surface area contributed by atoms with Crippen molar-refractivity contribution in [2.75, 3.05) is 19.8 Å². The van der Waals surface area contributed by atoms with Crippen LogP contribution in [0.15, 0.2) is 28.7 Å². The Hall–Kier alpha value is -0.910. The maximum atomic E-state index is 12.1. The van der Waals surface area contributed by atoms with Crippen LogP contribution >= 0.6 is 15.9 Å². The van der Waals surface area contributed by atoms with Gasteiger partial charge in [-0.25, -0.2) is 0 Å². The van der Waals surface area contributed by atoms with E-state index in [1.807, 2.05) is 12.1 Å². The molecular weight excluding hydrogens is 298 g/mol. The number of hydrogen-bond donors (Lipinski definition) is 2. The Bertz CT molecular complexity index is 430. The SMILES string of the molecule is O=C(NC1(CO)CCOCC1)c1cccc(Br)c1. The summed E-state index contributed by atoms with van der Waals surface area (Å²) < 4.78 is 6.12.